The summed E-state index contributed by atoms with van der Waals surface area (Å²) in [5, 5.41) is 0. The molecule has 0 fully saturated rings. The zero-order valence-electron chi connectivity index (χ0n) is 4.80. The average molecular weight is 288 g/mol. The van der Waals surface area contributed by atoms with Crippen LogP contribution in [0.4, 0.5) is 4.39 Å². The van der Waals surface area contributed by atoms with Crippen LogP contribution in [0.2, 0.25) is 0 Å². The van der Waals surface area contributed by atoms with Crippen molar-refractivity contribution >= 4 is 24.0 Å². The zero-order valence-corrected chi connectivity index (χ0v) is 10.1. The van der Waals surface area contributed by atoms with E-state index in [1.165, 1.54) is 24.3 Å². The molecule has 0 saturated carbocycles. The predicted molar refractivity (Wildman–Crippen MR) is 40.7 cm³/mol. The molecule has 0 unspecified atom stereocenters. The molecule has 9 heavy (non-hydrogen) atoms. The second-order valence-corrected chi connectivity index (χ2v) is 1.22. The Balaban J connectivity index is 0. The van der Waals surface area contributed by atoms with Crippen LogP contribution in [0.1, 0.15) is 0 Å². The first-order chi connectivity index (χ1) is 3.39. The van der Waals surface area contributed by atoms with Gasteiger partial charge >= 0.3 is 0 Å². The summed E-state index contributed by atoms with van der Waals surface area (Å²) >= 11 is 0. The Bertz CT molecular complexity index is 143. The molecule has 0 bridgehead atoms. The quantitative estimate of drug-likeness (QED) is 0.390. The van der Waals surface area contributed by atoms with Gasteiger partial charge in [0.15, 0.2) is 0 Å². The summed E-state index contributed by atoms with van der Waals surface area (Å²) in [6, 6.07) is 8.49. The van der Waals surface area contributed by atoms with E-state index in [-0.39, 0.29) is 49.3 Å². The third kappa shape index (κ3) is 4.97. The summed E-state index contributed by atoms with van der Waals surface area (Å²) in [6.07, 6.45) is 0. The van der Waals surface area contributed by atoms with E-state index in [1.807, 2.05) is 0 Å². The Morgan fingerprint density at radius 3 is 1.89 bits per heavy atom. The van der Waals surface area contributed by atoms with Gasteiger partial charge in [0.1, 0.15) is 0 Å². The van der Waals surface area contributed by atoms with E-state index < -0.39 is 0 Å². The van der Waals surface area contributed by atoms with Crippen LogP contribution in [0.25, 0.3) is 0 Å². The van der Waals surface area contributed by atoms with Crippen molar-refractivity contribution in [1.29, 1.82) is 0 Å². The van der Waals surface area contributed by atoms with E-state index in [0.717, 1.165) is 0 Å². The van der Waals surface area contributed by atoms with Gasteiger partial charge in [0.2, 0.25) is 0 Å². The molecule has 0 aliphatic heterocycles. The SMILES string of the molecule is Fc1cc[c-]cc1.I.[Zn]. The van der Waals surface area contributed by atoms with Crippen LogP contribution in [0.15, 0.2) is 24.3 Å². The molecule has 1 rings (SSSR count). The minimum Gasteiger partial charge on any atom is -0.236 e. The first-order valence-corrected chi connectivity index (χ1v) is 2.01. The number of halogens is 2. The molecule has 0 nitrogen and oxygen atoms in total. The summed E-state index contributed by atoms with van der Waals surface area (Å²) in [5.41, 5.74) is 0. The normalized spacial score (nSPS) is 6.78. The number of hydrogen-bond donors (Lipinski definition) is 0. The molecule has 0 amide bonds. The van der Waals surface area contributed by atoms with Crippen molar-refractivity contribution in [2.24, 2.45) is 0 Å². The fraction of sp³-hybridized carbons (Fsp3) is 0. The summed E-state index contributed by atoms with van der Waals surface area (Å²) in [4.78, 5) is 0. The summed E-state index contributed by atoms with van der Waals surface area (Å²) in [7, 11) is 0. The van der Waals surface area contributed by atoms with Crippen LogP contribution in [0.5, 0.6) is 0 Å². The fourth-order valence-electron chi connectivity index (χ4n) is 0.367. The molecule has 0 radical (unpaired) electrons. The van der Waals surface area contributed by atoms with Crippen molar-refractivity contribution in [2.45, 2.75) is 0 Å². The summed E-state index contributed by atoms with van der Waals surface area (Å²) in [6.45, 7) is 0. The Morgan fingerprint density at radius 1 is 1.22 bits per heavy atom. The van der Waals surface area contributed by atoms with Crippen LogP contribution in [0.3, 0.4) is 0 Å². The van der Waals surface area contributed by atoms with Crippen LogP contribution in [0, 0.1) is 11.9 Å². The van der Waals surface area contributed by atoms with E-state index in [0.29, 0.717) is 0 Å². The fourth-order valence-corrected chi connectivity index (χ4v) is 0.367. The second kappa shape index (κ2) is 6.62. The number of rotatable bonds is 0. The van der Waals surface area contributed by atoms with E-state index in [1.54, 1.807) is 0 Å². The van der Waals surface area contributed by atoms with Crippen LogP contribution < -0.4 is 0 Å². The summed E-state index contributed by atoms with van der Waals surface area (Å²) < 4.78 is 11.9. The minimum absolute atomic E-state index is 0. The van der Waals surface area contributed by atoms with Gasteiger partial charge in [-0.05, 0) is 0 Å². The average Bonchev–Trinajstić information content (AvgIpc) is 1.69. The third-order valence-electron chi connectivity index (χ3n) is 0.678. The largest absolute Gasteiger partial charge is 0.236 e. The van der Waals surface area contributed by atoms with Gasteiger partial charge in [-0.15, -0.1) is 36.1 Å². The van der Waals surface area contributed by atoms with Crippen LogP contribution in [-0.4, -0.2) is 0 Å². The van der Waals surface area contributed by atoms with Gasteiger partial charge in [-0.25, -0.2) is 4.39 Å². The third-order valence-corrected chi connectivity index (χ3v) is 0.678. The molecule has 1 aromatic carbocycles. The molecular formula is C6H5FIZn-. The molecule has 0 spiro atoms. The van der Waals surface area contributed by atoms with Crippen molar-refractivity contribution in [1.82, 2.24) is 0 Å². The maximum atomic E-state index is 11.9. The Kier molecular flexibility index (Phi) is 8.98. The van der Waals surface area contributed by atoms with Gasteiger partial charge < -0.3 is 0 Å². The maximum absolute atomic E-state index is 11.9. The van der Waals surface area contributed by atoms with Gasteiger partial charge in [0, 0.05) is 25.3 Å². The molecule has 3 heteroatoms. The minimum atomic E-state index is -0.209. The molecule has 46 valence electrons. The molecule has 0 aromatic heterocycles. The molecule has 1 aromatic rings. The van der Waals surface area contributed by atoms with Crippen LogP contribution >= 0.6 is 24.0 Å². The van der Waals surface area contributed by atoms with Crippen molar-refractivity contribution in [3.63, 3.8) is 0 Å². The van der Waals surface area contributed by atoms with Gasteiger partial charge in [-0.3, -0.25) is 0 Å². The standard InChI is InChI=1S/C6H4F.HI.Zn/c7-6-4-2-1-3-5-6;;/h2-5H;1H;/q-1;;. The van der Waals surface area contributed by atoms with Gasteiger partial charge in [-0.1, -0.05) is 0 Å². The van der Waals surface area contributed by atoms with Crippen molar-refractivity contribution in [3.8, 4) is 0 Å². The first-order valence-electron chi connectivity index (χ1n) is 2.01. The first kappa shape index (κ1) is 12.2. The van der Waals surface area contributed by atoms with Crippen molar-refractivity contribution in [3.05, 3.63) is 36.1 Å². The van der Waals surface area contributed by atoms with Crippen LogP contribution in [-0.2, 0) is 19.5 Å². The monoisotopic (exact) mass is 287 g/mol. The smallest absolute Gasteiger partial charge is 0.0151 e. The second-order valence-electron chi connectivity index (χ2n) is 1.22. The molecule has 0 N–H and O–H groups in total. The Labute approximate surface area is 83.6 Å². The van der Waals surface area contributed by atoms with E-state index in [9.17, 15) is 4.39 Å². The molecule has 0 saturated heterocycles. The van der Waals surface area contributed by atoms with Crippen molar-refractivity contribution < 1.29 is 23.9 Å². The Hall–Kier alpha value is 0.503. The number of hydrogen-bond acceptors (Lipinski definition) is 0. The van der Waals surface area contributed by atoms with Crippen molar-refractivity contribution in [2.75, 3.05) is 0 Å². The zero-order chi connectivity index (χ0) is 5.11. The molecule has 0 atom stereocenters. The summed E-state index contributed by atoms with van der Waals surface area (Å²) in [5.74, 6) is -0.209. The van der Waals surface area contributed by atoms with Gasteiger partial charge in [0.05, 0.1) is 0 Å². The molecule has 0 aliphatic carbocycles. The maximum Gasteiger partial charge on any atom is 0.0151 e. The van der Waals surface area contributed by atoms with E-state index in [4.69, 9.17) is 0 Å². The van der Waals surface area contributed by atoms with Gasteiger partial charge in [-0.2, -0.15) is 18.2 Å². The Morgan fingerprint density at radius 2 is 1.67 bits per heavy atom. The number of benzene rings is 1. The topological polar surface area (TPSA) is 0 Å². The molecular weight excluding hydrogens is 283 g/mol. The van der Waals surface area contributed by atoms with E-state index >= 15 is 0 Å². The molecule has 0 heterocycles. The predicted octanol–water partition coefficient (Wildman–Crippen LogP) is 2.24. The van der Waals surface area contributed by atoms with E-state index in [2.05, 4.69) is 6.07 Å². The molecule has 0 aliphatic rings. The van der Waals surface area contributed by atoms with Gasteiger partial charge in [0.25, 0.3) is 0 Å².